The van der Waals surface area contributed by atoms with Crippen LogP contribution in [0, 0.1) is 0 Å². The minimum absolute atomic E-state index is 0.243. The lowest BCUT2D eigenvalue weighted by atomic mass is 9.79. The molecular formula is C9H6BF3NO-. The zero-order chi connectivity index (χ0) is 11.1. The van der Waals surface area contributed by atoms with E-state index >= 15 is 0 Å². The highest BCUT2D eigenvalue weighted by molar-refractivity contribution is 6.73. The number of hydrogen-bond donors (Lipinski definition) is 1. The van der Waals surface area contributed by atoms with E-state index in [-0.39, 0.29) is 5.56 Å². The average molecular weight is 212 g/mol. The lowest BCUT2D eigenvalue weighted by Crippen LogP contribution is -2.33. The molecule has 1 aromatic carbocycles. The molecule has 1 N–H and O–H groups in total. The molecule has 0 atom stereocenters. The van der Waals surface area contributed by atoms with Crippen LogP contribution in [-0.2, 0) is 0 Å². The van der Waals surface area contributed by atoms with Crippen molar-refractivity contribution in [1.29, 1.82) is 0 Å². The third-order valence-electron chi connectivity index (χ3n) is 2.24. The smallest absolute Gasteiger partial charge is 0.445 e. The van der Waals surface area contributed by atoms with Gasteiger partial charge >= 0.3 is 6.98 Å². The highest BCUT2D eigenvalue weighted by Crippen LogP contribution is 2.18. The van der Waals surface area contributed by atoms with Crippen LogP contribution in [0.3, 0.4) is 0 Å². The number of fused-ring (bicyclic) bond motifs is 1. The van der Waals surface area contributed by atoms with Crippen LogP contribution in [0.1, 0.15) is 10.4 Å². The summed E-state index contributed by atoms with van der Waals surface area (Å²) in [6, 6.07) is 3.33. The van der Waals surface area contributed by atoms with Gasteiger partial charge in [-0.05, 0) is 6.07 Å². The number of halogens is 3. The van der Waals surface area contributed by atoms with Gasteiger partial charge in [0.2, 0.25) is 0 Å². The van der Waals surface area contributed by atoms with Crippen molar-refractivity contribution in [1.82, 2.24) is 4.98 Å². The molecule has 6 heteroatoms. The quantitative estimate of drug-likeness (QED) is 0.599. The molecule has 0 spiro atoms. The van der Waals surface area contributed by atoms with Gasteiger partial charge in [0.15, 0.2) is 6.29 Å². The molecule has 78 valence electrons. The summed E-state index contributed by atoms with van der Waals surface area (Å²) in [5.41, 5.74) is 0.0815. The number of aromatic nitrogens is 1. The van der Waals surface area contributed by atoms with E-state index in [9.17, 15) is 17.7 Å². The van der Waals surface area contributed by atoms with E-state index in [1.54, 1.807) is 0 Å². The first-order valence-electron chi connectivity index (χ1n) is 4.28. The minimum Gasteiger partial charge on any atom is -0.445 e. The van der Waals surface area contributed by atoms with E-state index in [1.165, 1.54) is 12.3 Å². The Morgan fingerprint density at radius 2 is 2.00 bits per heavy atom. The highest BCUT2D eigenvalue weighted by Gasteiger charge is 2.25. The van der Waals surface area contributed by atoms with E-state index in [1.807, 2.05) is 0 Å². The molecule has 15 heavy (non-hydrogen) atoms. The van der Waals surface area contributed by atoms with Crippen molar-refractivity contribution in [2.75, 3.05) is 0 Å². The first-order valence-corrected chi connectivity index (χ1v) is 4.28. The number of rotatable bonds is 2. The summed E-state index contributed by atoms with van der Waals surface area (Å²) in [6.45, 7) is -5.02. The zero-order valence-corrected chi connectivity index (χ0v) is 7.51. The van der Waals surface area contributed by atoms with Crippen molar-refractivity contribution < 1.29 is 17.7 Å². The lowest BCUT2D eigenvalue weighted by Gasteiger charge is -2.14. The standard InChI is InChI=1S/C9H6BF3NO/c11-10(12,13)7-1-2-9-8(3-7)6(5-15)4-14-9/h1-5,14H/q-1. The fourth-order valence-electron chi connectivity index (χ4n) is 1.46. The van der Waals surface area contributed by atoms with Crippen molar-refractivity contribution in [3.63, 3.8) is 0 Å². The summed E-state index contributed by atoms with van der Waals surface area (Å²) >= 11 is 0. The Kier molecular flexibility index (Phi) is 2.06. The van der Waals surface area contributed by atoms with Gasteiger partial charge in [-0.1, -0.05) is 12.1 Å². The molecule has 0 radical (unpaired) electrons. The Labute approximate surface area is 83.2 Å². The molecular weight excluding hydrogens is 206 g/mol. The summed E-state index contributed by atoms with van der Waals surface area (Å²) in [4.78, 5) is 13.3. The number of aromatic amines is 1. The topological polar surface area (TPSA) is 32.9 Å². The fourth-order valence-corrected chi connectivity index (χ4v) is 1.46. The molecule has 1 heterocycles. The van der Waals surface area contributed by atoms with Crippen LogP contribution in [-0.4, -0.2) is 18.2 Å². The van der Waals surface area contributed by atoms with Crippen LogP contribution < -0.4 is 5.46 Å². The Hall–Kier alpha value is -1.72. The summed E-state index contributed by atoms with van der Waals surface area (Å²) in [6.07, 6.45) is 1.93. The molecule has 0 fully saturated rings. The van der Waals surface area contributed by atoms with Crippen molar-refractivity contribution >= 4 is 29.6 Å². The van der Waals surface area contributed by atoms with E-state index in [0.717, 1.165) is 12.1 Å². The highest BCUT2D eigenvalue weighted by atomic mass is 19.4. The predicted molar refractivity (Wildman–Crippen MR) is 52.4 cm³/mol. The third-order valence-corrected chi connectivity index (χ3v) is 2.24. The van der Waals surface area contributed by atoms with E-state index in [2.05, 4.69) is 4.98 Å². The second-order valence-electron chi connectivity index (χ2n) is 3.24. The molecule has 0 unspecified atom stereocenters. The molecule has 2 rings (SSSR count). The number of benzene rings is 1. The van der Waals surface area contributed by atoms with E-state index < -0.39 is 12.4 Å². The maximum Gasteiger partial charge on any atom is 0.509 e. The van der Waals surface area contributed by atoms with Gasteiger partial charge in [-0.15, -0.1) is 5.46 Å². The van der Waals surface area contributed by atoms with Crippen LogP contribution in [0.5, 0.6) is 0 Å². The zero-order valence-electron chi connectivity index (χ0n) is 7.51. The van der Waals surface area contributed by atoms with Gasteiger partial charge in [0.1, 0.15) is 0 Å². The molecule has 0 saturated heterocycles. The van der Waals surface area contributed by atoms with Crippen molar-refractivity contribution in [2.45, 2.75) is 0 Å². The third kappa shape index (κ3) is 1.62. The molecule has 0 bridgehead atoms. The maximum absolute atomic E-state index is 12.4. The molecule has 1 aromatic heterocycles. The van der Waals surface area contributed by atoms with Gasteiger partial charge < -0.3 is 17.9 Å². The van der Waals surface area contributed by atoms with Crippen molar-refractivity contribution in [3.05, 3.63) is 30.0 Å². The number of carbonyl (C=O) groups excluding carboxylic acids is 1. The van der Waals surface area contributed by atoms with Gasteiger partial charge in [-0.3, -0.25) is 4.79 Å². The van der Waals surface area contributed by atoms with Crippen LogP contribution in [0.4, 0.5) is 12.9 Å². The Morgan fingerprint density at radius 3 is 2.60 bits per heavy atom. The molecule has 0 amide bonds. The molecule has 0 saturated carbocycles. The Balaban J connectivity index is 2.68. The average Bonchev–Trinajstić information content (AvgIpc) is 2.57. The minimum atomic E-state index is -5.02. The Bertz CT molecular complexity index is 518. The van der Waals surface area contributed by atoms with Gasteiger partial charge in [0.05, 0.1) is 0 Å². The largest absolute Gasteiger partial charge is 0.509 e. The lowest BCUT2D eigenvalue weighted by molar-refractivity contribution is 0.112. The molecule has 2 nitrogen and oxygen atoms in total. The molecule has 0 aliphatic heterocycles. The summed E-state index contributed by atoms with van der Waals surface area (Å²) < 4.78 is 37.3. The van der Waals surface area contributed by atoms with E-state index in [0.29, 0.717) is 17.2 Å². The van der Waals surface area contributed by atoms with Crippen LogP contribution in [0.25, 0.3) is 10.9 Å². The SMILES string of the molecule is O=Cc1c[nH]c2ccc([B-](F)(F)F)cc12. The molecule has 0 aliphatic rings. The van der Waals surface area contributed by atoms with Crippen LogP contribution >= 0.6 is 0 Å². The first kappa shape index (κ1) is 9.83. The number of H-pyrrole nitrogens is 1. The summed E-state index contributed by atoms with van der Waals surface area (Å²) in [5, 5.41) is 0.307. The first-order chi connectivity index (χ1) is 7.02. The van der Waals surface area contributed by atoms with Gasteiger partial charge in [-0.2, -0.15) is 0 Å². The molecule has 0 aliphatic carbocycles. The van der Waals surface area contributed by atoms with Crippen molar-refractivity contribution in [2.24, 2.45) is 0 Å². The fraction of sp³-hybridized carbons (Fsp3) is 0. The van der Waals surface area contributed by atoms with Crippen LogP contribution in [0.2, 0.25) is 0 Å². The van der Waals surface area contributed by atoms with Gasteiger partial charge in [-0.25, -0.2) is 0 Å². The second-order valence-corrected chi connectivity index (χ2v) is 3.24. The predicted octanol–water partition coefficient (Wildman–Crippen LogP) is 2.03. The Morgan fingerprint density at radius 1 is 1.27 bits per heavy atom. The van der Waals surface area contributed by atoms with Crippen LogP contribution in [0.15, 0.2) is 24.4 Å². The number of nitrogens with one attached hydrogen (secondary N) is 1. The van der Waals surface area contributed by atoms with E-state index in [4.69, 9.17) is 0 Å². The number of aldehydes is 1. The summed E-state index contributed by atoms with van der Waals surface area (Å²) in [5.74, 6) is 0. The normalized spacial score (nSPS) is 11.9. The van der Waals surface area contributed by atoms with Crippen molar-refractivity contribution in [3.8, 4) is 0 Å². The number of carbonyl (C=O) groups is 1. The maximum atomic E-state index is 12.4. The second kappa shape index (κ2) is 3.15. The van der Waals surface area contributed by atoms with Gasteiger partial charge in [0, 0.05) is 22.7 Å². The number of hydrogen-bond acceptors (Lipinski definition) is 1. The summed E-state index contributed by atoms with van der Waals surface area (Å²) in [7, 11) is 0. The monoisotopic (exact) mass is 212 g/mol. The molecule has 2 aromatic rings. The van der Waals surface area contributed by atoms with Gasteiger partial charge in [0.25, 0.3) is 0 Å².